The van der Waals surface area contributed by atoms with Gasteiger partial charge in [-0.25, -0.2) is 15.0 Å². The number of rotatable bonds is 6. The summed E-state index contributed by atoms with van der Waals surface area (Å²) >= 11 is 0. The summed E-state index contributed by atoms with van der Waals surface area (Å²) in [5.41, 5.74) is -0.185. The maximum Gasteiger partial charge on any atom is 0.395 e. The normalized spacial score (nSPS) is 20.9. The number of aromatic nitrogens is 4. The number of alkyl halides is 3. The molecule has 2 atom stereocenters. The quantitative estimate of drug-likeness (QED) is 0.490. The number of hydrogen-bond acceptors (Lipinski definition) is 9. The van der Waals surface area contributed by atoms with Gasteiger partial charge in [0.1, 0.15) is 11.7 Å². The lowest BCUT2D eigenvalue weighted by atomic mass is 9.98. The Hall–Kier alpha value is -4.07. The molecule has 38 heavy (non-hydrogen) atoms. The zero-order valence-electron chi connectivity index (χ0n) is 20.4. The van der Waals surface area contributed by atoms with Crippen LogP contribution in [0.4, 0.5) is 19.1 Å². The Labute approximate surface area is 214 Å². The average molecular weight is 531 g/mol. The first kappa shape index (κ1) is 25.6. The van der Waals surface area contributed by atoms with Crippen LogP contribution in [-0.4, -0.2) is 85.7 Å². The van der Waals surface area contributed by atoms with Crippen LogP contribution < -0.4 is 5.32 Å². The van der Waals surface area contributed by atoms with Crippen LogP contribution in [0.3, 0.4) is 0 Å². The van der Waals surface area contributed by atoms with E-state index < -0.39 is 35.6 Å². The van der Waals surface area contributed by atoms with Crippen molar-refractivity contribution in [1.82, 2.24) is 29.9 Å². The number of hydrogen-bond donors (Lipinski definition) is 2. The van der Waals surface area contributed by atoms with Crippen LogP contribution in [0.25, 0.3) is 22.8 Å². The molecule has 2 fully saturated rings. The van der Waals surface area contributed by atoms with Gasteiger partial charge in [-0.05, 0) is 25.1 Å². The van der Waals surface area contributed by atoms with Crippen molar-refractivity contribution in [3.8, 4) is 22.8 Å². The lowest BCUT2D eigenvalue weighted by Gasteiger charge is -2.41. The predicted molar refractivity (Wildman–Crippen MR) is 126 cm³/mol. The third-order valence-electron chi connectivity index (χ3n) is 6.73. The SMILES string of the molecule is C[C@@H](Nc1nccc(-c2cccc(-c3cc([C@]4(O)CCN(C)C4=O)on3)n2)n1)C(=O)N1CC(C(F)(F)F)C1. The van der Waals surface area contributed by atoms with Crippen molar-refractivity contribution in [1.29, 1.82) is 0 Å². The zero-order chi connectivity index (χ0) is 27.2. The number of nitrogens with zero attached hydrogens (tertiary/aromatic N) is 6. The van der Waals surface area contributed by atoms with Crippen molar-refractivity contribution in [2.45, 2.75) is 31.2 Å². The van der Waals surface area contributed by atoms with Gasteiger partial charge in [-0.3, -0.25) is 9.59 Å². The molecule has 0 radical (unpaired) electrons. The van der Waals surface area contributed by atoms with Crippen molar-refractivity contribution >= 4 is 17.8 Å². The molecule has 200 valence electrons. The largest absolute Gasteiger partial charge is 0.395 e. The van der Waals surface area contributed by atoms with E-state index in [0.717, 1.165) is 4.90 Å². The van der Waals surface area contributed by atoms with E-state index in [1.165, 1.54) is 24.1 Å². The Morgan fingerprint density at radius 1 is 1.18 bits per heavy atom. The molecular formula is C24H24F3N7O4. The van der Waals surface area contributed by atoms with Gasteiger partial charge < -0.3 is 24.7 Å². The number of aliphatic hydroxyl groups is 1. The highest BCUT2D eigenvalue weighted by Gasteiger charge is 2.49. The summed E-state index contributed by atoms with van der Waals surface area (Å²) in [6.45, 7) is 1.19. The van der Waals surface area contributed by atoms with Gasteiger partial charge in [-0.1, -0.05) is 11.2 Å². The van der Waals surface area contributed by atoms with Crippen LogP contribution in [0.5, 0.6) is 0 Å². The van der Waals surface area contributed by atoms with Crippen molar-refractivity contribution in [3.63, 3.8) is 0 Å². The Kier molecular flexibility index (Phi) is 6.29. The lowest BCUT2D eigenvalue weighted by Crippen LogP contribution is -2.58. The predicted octanol–water partition coefficient (Wildman–Crippen LogP) is 2.06. The summed E-state index contributed by atoms with van der Waals surface area (Å²) in [5, 5.41) is 17.6. The molecule has 5 rings (SSSR count). The minimum absolute atomic E-state index is 0.0324. The molecule has 3 aromatic heterocycles. The number of pyridine rings is 1. The topological polar surface area (TPSA) is 138 Å². The van der Waals surface area contributed by atoms with Crippen LogP contribution in [-0.2, 0) is 15.2 Å². The van der Waals surface area contributed by atoms with E-state index >= 15 is 0 Å². The molecular weight excluding hydrogens is 507 g/mol. The first-order valence-electron chi connectivity index (χ1n) is 11.8. The van der Waals surface area contributed by atoms with Gasteiger partial charge in [0.05, 0.1) is 23.0 Å². The van der Waals surface area contributed by atoms with Gasteiger partial charge in [-0.2, -0.15) is 13.2 Å². The van der Waals surface area contributed by atoms with Crippen LogP contribution in [0.15, 0.2) is 41.1 Å². The second-order valence-electron chi connectivity index (χ2n) is 9.43. The number of halogens is 3. The van der Waals surface area contributed by atoms with E-state index in [1.54, 1.807) is 31.3 Å². The number of carbonyl (C=O) groups is 2. The molecule has 0 spiro atoms. The summed E-state index contributed by atoms with van der Waals surface area (Å²) in [4.78, 5) is 40.4. The summed E-state index contributed by atoms with van der Waals surface area (Å²) in [6.07, 6.45) is -2.67. The number of carbonyl (C=O) groups excluding carboxylic acids is 2. The van der Waals surface area contributed by atoms with E-state index in [9.17, 15) is 27.9 Å². The molecule has 0 unspecified atom stereocenters. The van der Waals surface area contributed by atoms with E-state index in [1.807, 2.05) is 0 Å². The molecule has 5 heterocycles. The maximum atomic E-state index is 12.7. The fourth-order valence-electron chi connectivity index (χ4n) is 4.36. The van der Waals surface area contributed by atoms with Crippen LogP contribution in [0.2, 0.25) is 0 Å². The second kappa shape index (κ2) is 9.35. The third kappa shape index (κ3) is 4.66. The maximum absolute atomic E-state index is 12.7. The van der Waals surface area contributed by atoms with Crippen molar-refractivity contribution < 1.29 is 32.4 Å². The van der Waals surface area contributed by atoms with Gasteiger partial charge in [0.25, 0.3) is 5.91 Å². The van der Waals surface area contributed by atoms with Crippen molar-refractivity contribution in [2.75, 3.05) is 32.0 Å². The minimum atomic E-state index is -4.32. The van der Waals surface area contributed by atoms with Crippen LogP contribution in [0, 0.1) is 5.92 Å². The molecule has 2 aliphatic rings. The molecule has 0 aliphatic carbocycles. The molecule has 0 bridgehead atoms. The standard InChI is InChI=1S/C24H24F3N7O4/c1-13(20(35)34-11-14(12-34)24(25,26)27)29-22-28-8-6-17(31-22)15-4-3-5-16(30-15)18-10-19(38-32-18)23(37)7-9-33(2)21(23)36/h3-6,8,10,13-14,37H,7,9,11-12H2,1-2H3,(H,28,29,31)/t13-,23-/m1/s1. The molecule has 14 heteroatoms. The Bertz CT molecular complexity index is 1370. The Morgan fingerprint density at radius 2 is 1.87 bits per heavy atom. The number of likely N-dealkylation sites (N-methyl/N-ethyl adjacent to an activating group) is 1. The Balaban J connectivity index is 1.29. The lowest BCUT2D eigenvalue weighted by molar-refractivity contribution is -0.209. The number of anilines is 1. The average Bonchev–Trinajstić information content (AvgIpc) is 3.45. The summed E-state index contributed by atoms with van der Waals surface area (Å²) < 4.78 is 43.5. The molecule has 11 nitrogen and oxygen atoms in total. The van der Waals surface area contributed by atoms with Gasteiger partial charge in [-0.15, -0.1) is 0 Å². The van der Waals surface area contributed by atoms with E-state index in [-0.39, 0.29) is 31.2 Å². The summed E-state index contributed by atoms with van der Waals surface area (Å²) in [6, 6.07) is 7.35. The number of likely N-dealkylation sites (tertiary alicyclic amines) is 2. The minimum Gasteiger partial charge on any atom is -0.373 e. The number of amides is 2. The van der Waals surface area contributed by atoms with Gasteiger partial charge in [0, 0.05) is 45.4 Å². The van der Waals surface area contributed by atoms with Crippen molar-refractivity contribution in [2.24, 2.45) is 5.92 Å². The Morgan fingerprint density at radius 3 is 2.53 bits per heavy atom. The first-order valence-corrected chi connectivity index (χ1v) is 11.8. The van der Waals surface area contributed by atoms with Crippen molar-refractivity contribution in [3.05, 3.63) is 42.3 Å². The van der Waals surface area contributed by atoms with E-state index in [0.29, 0.717) is 29.3 Å². The smallest absolute Gasteiger partial charge is 0.373 e. The van der Waals surface area contributed by atoms with Crippen LogP contribution >= 0.6 is 0 Å². The molecule has 2 aliphatic heterocycles. The second-order valence-corrected chi connectivity index (χ2v) is 9.43. The highest BCUT2D eigenvalue weighted by atomic mass is 19.4. The molecule has 0 saturated carbocycles. The molecule has 3 aromatic rings. The zero-order valence-corrected chi connectivity index (χ0v) is 20.4. The fraction of sp³-hybridized carbons (Fsp3) is 0.417. The van der Waals surface area contributed by atoms with E-state index in [2.05, 4.69) is 25.4 Å². The molecule has 2 saturated heterocycles. The summed E-state index contributed by atoms with van der Waals surface area (Å²) in [7, 11) is 1.60. The van der Waals surface area contributed by atoms with Gasteiger partial charge >= 0.3 is 6.18 Å². The first-order chi connectivity index (χ1) is 18.0. The molecule has 2 N–H and O–H groups in total. The number of nitrogens with one attached hydrogen (secondary N) is 1. The van der Waals surface area contributed by atoms with E-state index in [4.69, 9.17) is 4.52 Å². The van der Waals surface area contributed by atoms with Crippen LogP contribution in [0.1, 0.15) is 19.1 Å². The fourth-order valence-corrected chi connectivity index (χ4v) is 4.36. The van der Waals surface area contributed by atoms with Gasteiger partial charge in [0.15, 0.2) is 5.76 Å². The third-order valence-corrected chi connectivity index (χ3v) is 6.73. The monoisotopic (exact) mass is 531 g/mol. The molecule has 2 amide bonds. The molecule has 0 aromatic carbocycles. The van der Waals surface area contributed by atoms with Gasteiger partial charge in [0.2, 0.25) is 17.5 Å². The summed E-state index contributed by atoms with van der Waals surface area (Å²) in [5.74, 6) is -2.30. The highest BCUT2D eigenvalue weighted by molar-refractivity contribution is 5.87. The highest BCUT2D eigenvalue weighted by Crippen LogP contribution is 2.35.